The standard InChI is InChI=1S/C16H21ClN2O2/c17-13-5-3-12(4-6-13)8-14-11-21-15(9-18-14)10-19-7-1-2-16(19)20/h3-6,14-15,18H,1-2,7-11H2/t14-,15+/m0/s1. The van der Waals surface area contributed by atoms with E-state index in [4.69, 9.17) is 16.3 Å². The number of rotatable bonds is 4. The maximum Gasteiger partial charge on any atom is 0.222 e. The second-order valence-corrected chi connectivity index (χ2v) is 6.27. The van der Waals surface area contributed by atoms with Crippen molar-refractivity contribution < 1.29 is 9.53 Å². The molecule has 4 nitrogen and oxygen atoms in total. The van der Waals surface area contributed by atoms with E-state index in [1.54, 1.807) is 0 Å². The predicted molar refractivity (Wildman–Crippen MR) is 82.5 cm³/mol. The molecule has 0 spiro atoms. The zero-order valence-corrected chi connectivity index (χ0v) is 12.8. The Hall–Kier alpha value is -1.10. The number of hydrogen-bond donors (Lipinski definition) is 1. The van der Waals surface area contributed by atoms with E-state index in [-0.39, 0.29) is 12.0 Å². The first-order valence-corrected chi connectivity index (χ1v) is 7.96. The molecule has 2 saturated heterocycles. The number of nitrogens with zero attached hydrogens (tertiary/aromatic N) is 1. The molecule has 0 bridgehead atoms. The third kappa shape index (κ3) is 3.96. The zero-order chi connectivity index (χ0) is 14.7. The highest BCUT2D eigenvalue weighted by Gasteiger charge is 2.27. The second-order valence-electron chi connectivity index (χ2n) is 5.83. The van der Waals surface area contributed by atoms with Gasteiger partial charge in [0.15, 0.2) is 0 Å². The highest BCUT2D eigenvalue weighted by atomic mass is 35.5. The number of carbonyl (C=O) groups is 1. The minimum Gasteiger partial charge on any atom is -0.373 e. The van der Waals surface area contributed by atoms with Gasteiger partial charge in [-0.25, -0.2) is 0 Å². The molecule has 0 aromatic heterocycles. The predicted octanol–water partition coefficient (Wildman–Crippen LogP) is 1.86. The fourth-order valence-electron chi connectivity index (χ4n) is 2.96. The van der Waals surface area contributed by atoms with Crippen LogP contribution in [0.2, 0.25) is 5.02 Å². The van der Waals surface area contributed by atoms with Gasteiger partial charge >= 0.3 is 0 Å². The van der Waals surface area contributed by atoms with E-state index in [2.05, 4.69) is 17.4 Å². The number of benzene rings is 1. The summed E-state index contributed by atoms with van der Waals surface area (Å²) in [4.78, 5) is 13.5. The van der Waals surface area contributed by atoms with Crippen molar-refractivity contribution in [1.82, 2.24) is 10.2 Å². The van der Waals surface area contributed by atoms with Crippen LogP contribution in [0, 0.1) is 0 Å². The van der Waals surface area contributed by atoms with Crippen LogP contribution in [-0.2, 0) is 16.0 Å². The van der Waals surface area contributed by atoms with Gasteiger partial charge < -0.3 is 15.0 Å². The van der Waals surface area contributed by atoms with Gasteiger partial charge in [-0.05, 0) is 30.5 Å². The molecular weight excluding hydrogens is 288 g/mol. The highest BCUT2D eigenvalue weighted by molar-refractivity contribution is 6.30. The second kappa shape index (κ2) is 6.77. The SMILES string of the molecule is O=C1CCCN1C[C@H]1CN[C@@H](Cc2ccc(Cl)cc2)CO1. The Morgan fingerprint density at radius 3 is 2.76 bits per heavy atom. The smallest absolute Gasteiger partial charge is 0.222 e. The average Bonchev–Trinajstić information content (AvgIpc) is 2.89. The van der Waals surface area contributed by atoms with Gasteiger partial charge in [-0.1, -0.05) is 23.7 Å². The molecule has 0 aliphatic carbocycles. The van der Waals surface area contributed by atoms with Crippen LogP contribution in [0.25, 0.3) is 0 Å². The summed E-state index contributed by atoms with van der Waals surface area (Å²) >= 11 is 5.89. The number of ether oxygens (including phenoxy) is 1. The molecule has 2 atom stereocenters. The molecule has 0 radical (unpaired) electrons. The number of hydrogen-bond acceptors (Lipinski definition) is 3. The monoisotopic (exact) mass is 308 g/mol. The summed E-state index contributed by atoms with van der Waals surface area (Å²) < 4.78 is 5.91. The molecule has 2 aliphatic rings. The molecule has 114 valence electrons. The molecule has 1 amide bonds. The molecular formula is C16H21ClN2O2. The van der Waals surface area contributed by atoms with Gasteiger partial charge in [-0.2, -0.15) is 0 Å². The number of halogens is 1. The molecule has 5 heteroatoms. The molecule has 3 rings (SSSR count). The van der Waals surface area contributed by atoms with Gasteiger partial charge in [0.25, 0.3) is 0 Å². The van der Waals surface area contributed by atoms with Crippen LogP contribution in [0.5, 0.6) is 0 Å². The van der Waals surface area contributed by atoms with Crippen molar-refractivity contribution in [3.63, 3.8) is 0 Å². The molecule has 2 aliphatic heterocycles. The van der Waals surface area contributed by atoms with E-state index in [9.17, 15) is 4.79 Å². The lowest BCUT2D eigenvalue weighted by Gasteiger charge is -2.32. The summed E-state index contributed by atoms with van der Waals surface area (Å²) in [7, 11) is 0. The topological polar surface area (TPSA) is 41.6 Å². The summed E-state index contributed by atoms with van der Waals surface area (Å²) in [5.74, 6) is 0.266. The lowest BCUT2D eigenvalue weighted by molar-refractivity contribution is -0.130. The summed E-state index contributed by atoms with van der Waals surface area (Å²) in [6.45, 7) is 3.10. The summed E-state index contributed by atoms with van der Waals surface area (Å²) in [5, 5.41) is 4.29. The van der Waals surface area contributed by atoms with Crippen LogP contribution in [-0.4, -0.2) is 49.2 Å². The summed E-state index contributed by atoms with van der Waals surface area (Å²) in [6, 6.07) is 8.28. The number of nitrogens with one attached hydrogen (secondary N) is 1. The first-order valence-electron chi connectivity index (χ1n) is 7.58. The first-order chi connectivity index (χ1) is 10.2. The Bertz CT molecular complexity index is 484. The lowest BCUT2D eigenvalue weighted by atomic mass is 10.1. The minimum atomic E-state index is 0.119. The molecule has 0 unspecified atom stereocenters. The number of carbonyl (C=O) groups excluding carboxylic acids is 1. The van der Waals surface area contributed by atoms with Gasteiger partial charge in [-0.3, -0.25) is 4.79 Å². The van der Waals surface area contributed by atoms with Gasteiger partial charge in [-0.15, -0.1) is 0 Å². The Morgan fingerprint density at radius 1 is 1.33 bits per heavy atom. The maximum absolute atomic E-state index is 11.6. The van der Waals surface area contributed by atoms with E-state index in [1.807, 2.05) is 17.0 Å². The lowest BCUT2D eigenvalue weighted by Crippen LogP contribution is -2.51. The van der Waals surface area contributed by atoms with Crippen molar-refractivity contribution in [1.29, 1.82) is 0 Å². The van der Waals surface area contributed by atoms with Crippen LogP contribution in [0.1, 0.15) is 18.4 Å². The largest absolute Gasteiger partial charge is 0.373 e. The van der Waals surface area contributed by atoms with E-state index >= 15 is 0 Å². The van der Waals surface area contributed by atoms with Gasteiger partial charge in [0.05, 0.1) is 12.7 Å². The van der Waals surface area contributed by atoms with Crippen molar-refractivity contribution in [2.75, 3.05) is 26.2 Å². The van der Waals surface area contributed by atoms with Crippen LogP contribution < -0.4 is 5.32 Å². The highest BCUT2D eigenvalue weighted by Crippen LogP contribution is 2.15. The van der Waals surface area contributed by atoms with Crippen molar-refractivity contribution in [3.05, 3.63) is 34.9 Å². The minimum absolute atomic E-state index is 0.119. The summed E-state index contributed by atoms with van der Waals surface area (Å²) in [5.41, 5.74) is 1.26. The Labute approximate surface area is 130 Å². The quantitative estimate of drug-likeness (QED) is 0.923. The number of amides is 1. The third-order valence-electron chi connectivity index (χ3n) is 4.16. The van der Waals surface area contributed by atoms with Crippen molar-refractivity contribution >= 4 is 17.5 Å². The first kappa shape index (κ1) is 14.8. The molecule has 1 aromatic rings. The third-order valence-corrected chi connectivity index (χ3v) is 4.41. The average molecular weight is 309 g/mol. The molecule has 1 aromatic carbocycles. The molecule has 2 heterocycles. The Kier molecular flexibility index (Phi) is 4.78. The van der Waals surface area contributed by atoms with Crippen molar-refractivity contribution in [2.45, 2.75) is 31.4 Å². The van der Waals surface area contributed by atoms with Gasteiger partial charge in [0.1, 0.15) is 0 Å². The summed E-state index contributed by atoms with van der Waals surface area (Å²) in [6.07, 6.45) is 2.73. The fourth-order valence-corrected chi connectivity index (χ4v) is 3.09. The Balaban J connectivity index is 1.44. The fraction of sp³-hybridized carbons (Fsp3) is 0.562. The van der Waals surface area contributed by atoms with Crippen LogP contribution >= 0.6 is 11.6 Å². The van der Waals surface area contributed by atoms with Gasteiger partial charge in [0, 0.05) is 37.1 Å². The zero-order valence-electron chi connectivity index (χ0n) is 12.1. The van der Waals surface area contributed by atoms with Crippen LogP contribution in [0.3, 0.4) is 0 Å². The van der Waals surface area contributed by atoms with Crippen LogP contribution in [0.4, 0.5) is 0 Å². The van der Waals surface area contributed by atoms with Crippen molar-refractivity contribution in [3.8, 4) is 0 Å². The van der Waals surface area contributed by atoms with E-state index in [0.717, 1.165) is 37.5 Å². The molecule has 1 N–H and O–H groups in total. The number of likely N-dealkylation sites (tertiary alicyclic amines) is 1. The molecule has 0 saturated carbocycles. The van der Waals surface area contributed by atoms with Crippen LogP contribution in [0.15, 0.2) is 24.3 Å². The van der Waals surface area contributed by atoms with E-state index in [1.165, 1.54) is 5.56 Å². The van der Waals surface area contributed by atoms with E-state index in [0.29, 0.717) is 19.1 Å². The molecule has 21 heavy (non-hydrogen) atoms. The van der Waals surface area contributed by atoms with Crippen molar-refractivity contribution in [2.24, 2.45) is 0 Å². The Morgan fingerprint density at radius 2 is 2.14 bits per heavy atom. The maximum atomic E-state index is 11.6. The molecule has 2 fully saturated rings. The normalized spacial score (nSPS) is 26.3. The van der Waals surface area contributed by atoms with Gasteiger partial charge in [0.2, 0.25) is 5.91 Å². The van der Waals surface area contributed by atoms with E-state index < -0.39 is 0 Å². The number of morpholine rings is 1.